The zero-order valence-corrected chi connectivity index (χ0v) is 17.9. The largest absolute Gasteiger partial charge is 0.376 e. The van der Waals surface area contributed by atoms with Gasteiger partial charge in [0, 0.05) is 26.3 Å². The van der Waals surface area contributed by atoms with Crippen LogP contribution in [0.1, 0.15) is 37.1 Å². The Bertz CT molecular complexity index is 643. The number of rotatable bonds is 7. The predicted octanol–water partition coefficient (Wildman–Crippen LogP) is 5.11. The molecule has 4 atom stereocenters. The second kappa shape index (κ2) is 10.4. The van der Waals surface area contributed by atoms with Gasteiger partial charge in [0.05, 0.1) is 13.2 Å². The Balaban J connectivity index is 1.89. The molecule has 1 heterocycles. The van der Waals surface area contributed by atoms with Crippen molar-refractivity contribution in [1.29, 1.82) is 0 Å². The van der Waals surface area contributed by atoms with Crippen molar-refractivity contribution in [1.82, 2.24) is 4.67 Å². The molecular weight excluding hydrogens is 373 g/mol. The van der Waals surface area contributed by atoms with Crippen LogP contribution < -0.4 is 0 Å². The van der Waals surface area contributed by atoms with Gasteiger partial charge in [-0.2, -0.15) is 0 Å². The molecular formula is C22H30NO4P. The third-order valence-electron chi connectivity index (χ3n) is 5.26. The number of nitrogens with zero attached hydrogens (tertiary/aromatic N) is 1. The second-order valence-electron chi connectivity index (χ2n) is 6.93. The van der Waals surface area contributed by atoms with Crippen LogP contribution in [-0.4, -0.2) is 44.3 Å². The van der Waals surface area contributed by atoms with E-state index in [1.165, 1.54) is 11.1 Å². The van der Waals surface area contributed by atoms with Crippen LogP contribution in [0.5, 0.6) is 0 Å². The summed E-state index contributed by atoms with van der Waals surface area (Å²) in [6, 6.07) is 21.2. The summed E-state index contributed by atoms with van der Waals surface area (Å²) >= 11 is 0. The minimum atomic E-state index is -1.28. The molecule has 2 aromatic carbocycles. The van der Waals surface area contributed by atoms with Gasteiger partial charge in [-0.3, -0.25) is 0 Å². The van der Waals surface area contributed by atoms with Gasteiger partial charge in [-0.1, -0.05) is 60.7 Å². The molecule has 1 aliphatic heterocycles. The van der Waals surface area contributed by atoms with Crippen LogP contribution in [0.4, 0.5) is 0 Å². The zero-order valence-electron chi connectivity index (χ0n) is 17.0. The van der Waals surface area contributed by atoms with E-state index >= 15 is 0 Å². The molecule has 28 heavy (non-hydrogen) atoms. The van der Waals surface area contributed by atoms with Crippen molar-refractivity contribution >= 4 is 8.53 Å². The van der Waals surface area contributed by atoms with Crippen molar-refractivity contribution in [3.05, 3.63) is 71.8 Å². The van der Waals surface area contributed by atoms with Crippen molar-refractivity contribution in [2.75, 3.05) is 27.4 Å². The summed E-state index contributed by atoms with van der Waals surface area (Å²) in [6.45, 7) is 5.30. The molecule has 0 spiro atoms. The van der Waals surface area contributed by atoms with Crippen LogP contribution in [-0.2, 0) is 18.5 Å². The highest BCUT2D eigenvalue weighted by atomic mass is 31.2. The van der Waals surface area contributed by atoms with E-state index in [9.17, 15) is 0 Å². The monoisotopic (exact) mass is 403 g/mol. The lowest BCUT2D eigenvalue weighted by Gasteiger charge is -2.38. The van der Waals surface area contributed by atoms with E-state index in [1.807, 2.05) is 12.1 Å². The second-order valence-corrected chi connectivity index (χ2v) is 8.38. The van der Waals surface area contributed by atoms with E-state index < -0.39 is 8.53 Å². The molecule has 0 bridgehead atoms. The molecule has 1 fully saturated rings. The molecule has 1 saturated heterocycles. The molecule has 0 radical (unpaired) electrons. The summed E-state index contributed by atoms with van der Waals surface area (Å²) in [6.07, 6.45) is -0.281. The Morgan fingerprint density at radius 3 is 1.54 bits per heavy atom. The number of benzene rings is 2. The van der Waals surface area contributed by atoms with E-state index in [0.717, 1.165) is 0 Å². The molecule has 0 N–H and O–H groups in total. The highest BCUT2D eigenvalue weighted by molar-refractivity contribution is 7.44. The summed E-state index contributed by atoms with van der Waals surface area (Å²) in [5, 5.41) is 0. The molecule has 0 saturated carbocycles. The summed E-state index contributed by atoms with van der Waals surface area (Å²) in [4.78, 5) is 0. The third-order valence-corrected chi connectivity index (χ3v) is 7.07. The fraction of sp³-hybridized carbons (Fsp3) is 0.455. The minimum Gasteiger partial charge on any atom is -0.376 e. The average molecular weight is 403 g/mol. The molecule has 0 unspecified atom stereocenters. The summed E-state index contributed by atoms with van der Waals surface area (Å²) in [5.74, 6) is 0. The maximum Gasteiger partial charge on any atom is 0.260 e. The number of hydrogen-bond donors (Lipinski definition) is 0. The average Bonchev–Trinajstić information content (AvgIpc) is 2.97. The van der Waals surface area contributed by atoms with Gasteiger partial charge >= 0.3 is 0 Å². The first-order valence-corrected chi connectivity index (χ1v) is 10.8. The van der Waals surface area contributed by atoms with E-state index in [4.69, 9.17) is 18.5 Å². The summed E-state index contributed by atoms with van der Waals surface area (Å²) < 4.78 is 25.9. The fourth-order valence-corrected chi connectivity index (χ4v) is 5.21. The van der Waals surface area contributed by atoms with Gasteiger partial charge < -0.3 is 18.5 Å². The van der Waals surface area contributed by atoms with E-state index in [-0.39, 0.29) is 24.3 Å². The topological polar surface area (TPSA) is 40.2 Å². The lowest BCUT2D eigenvalue weighted by molar-refractivity contribution is -0.0564. The van der Waals surface area contributed by atoms with Crippen LogP contribution >= 0.6 is 8.53 Å². The Hall–Kier alpha value is -1.33. The van der Waals surface area contributed by atoms with Crippen LogP contribution in [0, 0.1) is 0 Å². The molecule has 1 aliphatic rings. The molecule has 6 heteroatoms. The van der Waals surface area contributed by atoms with Gasteiger partial charge in [0.1, 0.15) is 12.2 Å². The van der Waals surface area contributed by atoms with Gasteiger partial charge in [0.15, 0.2) is 0 Å². The molecule has 0 amide bonds. The first-order chi connectivity index (χ1) is 13.7. The third kappa shape index (κ3) is 4.98. The first-order valence-electron chi connectivity index (χ1n) is 9.65. The van der Waals surface area contributed by atoms with Crippen LogP contribution in [0.3, 0.4) is 0 Å². The fourth-order valence-electron chi connectivity index (χ4n) is 3.49. The molecule has 0 aliphatic carbocycles. The minimum absolute atomic E-state index is 0.127. The van der Waals surface area contributed by atoms with Gasteiger partial charge in [-0.05, 0) is 25.0 Å². The molecule has 3 rings (SSSR count). The van der Waals surface area contributed by atoms with Crippen molar-refractivity contribution in [3.63, 3.8) is 0 Å². The highest BCUT2D eigenvalue weighted by Crippen LogP contribution is 2.54. The van der Waals surface area contributed by atoms with Crippen LogP contribution in [0.25, 0.3) is 0 Å². The first kappa shape index (κ1) is 21.4. The lowest BCUT2D eigenvalue weighted by Crippen LogP contribution is -2.34. The summed E-state index contributed by atoms with van der Waals surface area (Å²) in [7, 11) is 2.09. The zero-order chi connectivity index (χ0) is 19.9. The van der Waals surface area contributed by atoms with E-state index in [2.05, 4.69) is 67.0 Å². The Morgan fingerprint density at radius 2 is 1.18 bits per heavy atom. The van der Waals surface area contributed by atoms with Crippen molar-refractivity contribution in [3.8, 4) is 0 Å². The van der Waals surface area contributed by atoms with Crippen molar-refractivity contribution in [2.24, 2.45) is 0 Å². The standard InChI is InChI=1S/C22H30NO4P/c1-17(19-11-7-5-8-12-19)23(18(2)20-13-9-6-10-14-20)28-26-15-21(24-3)22(25-4)16-27-28/h5-14,17-18,21-22H,15-16H2,1-4H3/t17-,18-,21-,22-/m0/s1. The van der Waals surface area contributed by atoms with Gasteiger partial charge in [0.2, 0.25) is 0 Å². The Morgan fingerprint density at radius 1 is 0.786 bits per heavy atom. The van der Waals surface area contributed by atoms with E-state index in [1.54, 1.807) is 14.2 Å². The predicted molar refractivity (Wildman–Crippen MR) is 112 cm³/mol. The molecule has 152 valence electrons. The molecule has 0 aromatic heterocycles. The smallest absolute Gasteiger partial charge is 0.260 e. The SMILES string of the molecule is CO[C@H]1COP(N([C@@H](C)c2ccccc2)[C@@H](C)c2ccccc2)OC[C@@H]1OC. The van der Waals surface area contributed by atoms with E-state index in [0.29, 0.717) is 13.2 Å². The maximum absolute atomic E-state index is 6.25. The maximum atomic E-state index is 6.25. The van der Waals surface area contributed by atoms with Gasteiger partial charge in [-0.25, -0.2) is 4.67 Å². The normalized spacial score (nSPS) is 23.3. The Labute approximate surface area is 169 Å². The van der Waals surface area contributed by atoms with Crippen LogP contribution in [0.2, 0.25) is 0 Å². The van der Waals surface area contributed by atoms with Gasteiger partial charge in [-0.15, -0.1) is 0 Å². The molecule has 5 nitrogen and oxygen atoms in total. The Kier molecular flexibility index (Phi) is 7.98. The lowest BCUT2D eigenvalue weighted by atomic mass is 10.0. The number of methoxy groups -OCH3 is 2. The van der Waals surface area contributed by atoms with Crippen molar-refractivity contribution in [2.45, 2.75) is 38.1 Å². The van der Waals surface area contributed by atoms with Gasteiger partial charge in [0.25, 0.3) is 8.53 Å². The summed E-state index contributed by atoms with van der Waals surface area (Å²) in [5.41, 5.74) is 2.46. The molecule has 2 aromatic rings. The quantitative estimate of drug-likeness (QED) is 0.601. The number of hydrogen-bond acceptors (Lipinski definition) is 5. The van der Waals surface area contributed by atoms with Crippen LogP contribution in [0.15, 0.2) is 60.7 Å². The van der Waals surface area contributed by atoms with Crippen molar-refractivity contribution < 1.29 is 18.5 Å². The number of ether oxygens (including phenoxy) is 2. The highest BCUT2D eigenvalue weighted by Gasteiger charge is 2.37.